The molecule has 4 nitrogen and oxygen atoms in total. The molecule has 1 saturated heterocycles. The maximum absolute atomic E-state index is 12.7. The predicted molar refractivity (Wildman–Crippen MR) is 109 cm³/mol. The molecule has 0 aromatic heterocycles. The maximum Gasteiger partial charge on any atom is 0.251 e. The maximum atomic E-state index is 12.7. The van der Waals surface area contributed by atoms with Crippen LogP contribution in [0.5, 0.6) is 0 Å². The fourth-order valence-electron chi connectivity index (χ4n) is 4.10. The van der Waals surface area contributed by atoms with Crippen LogP contribution in [-0.2, 0) is 10.8 Å². The first-order valence-electron chi connectivity index (χ1n) is 9.32. The predicted octanol–water partition coefficient (Wildman–Crippen LogP) is 3.89. The molecular formula is C22H28N2O2S. The molecular weight excluding hydrogens is 356 g/mol. The summed E-state index contributed by atoms with van der Waals surface area (Å²) in [5, 5.41) is 6.80. The number of benzene rings is 2. The van der Waals surface area contributed by atoms with Gasteiger partial charge in [0.1, 0.15) is 0 Å². The van der Waals surface area contributed by atoms with Crippen molar-refractivity contribution in [3.05, 3.63) is 60.2 Å². The lowest BCUT2D eigenvalue weighted by atomic mass is 9.79. The van der Waals surface area contributed by atoms with Crippen LogP contribution < -0.4 is 10.6 Å². The van der Waals surface area contributed by atoms with E-state index >= 15 is 0 Å². The summed E-state index contributed by atoms with van der Waals surface area (Å²) in [5.74, 6) is -0.0782. The minimum Gasteiger partial charge on any atom is -0.349 e. The Morgan fingerprint density at radius 3 is 2.00 bits per heavy atom. The van der Waals surface area contributed by atoms with Gasteiger partial charge in [-0.25, -0.2) is 4.21 Å². The largest absolute Gasteiger partial charge is 0.349 e. The van der Waals surface area contributed by atoms with Crippen molar-refractivity contribution in [3.8, 4) is 0 Å². The van der Waals surface area contributed by atoms with Crippen molar-refractivity contribution in [1.29, 1.82) is 0 Å². The second-order valence-electron chi connectivity index (χ2n) is 8.58. The number of hydrogen-bond acceptors (Lipinski definition) is 3. The Morgan fingerprint density at radius 1 is 0.926 bits per heavy atom. The van der Waals surface area contributed by atoms with Gasteiger partial charge in [0.05, 0.1) is 10.8 Å². The molecule has 1 fully saturated rings. The summed E-state index contributed by atoms with van der Waals surface area (Å²) in [4.78, 5) is 14.1. The number of amides is 1. The molecule has 1 atom stereocenters. The zero-order valence-corrected chi connectivity index (χ0v) is 17.2. The topological polar surface area (TPSA) is 58.2 Å². The van der Waals surface area contributed by atoms with Gasteiger partial charge in [-0.1, -0.05) is 18.2 Å². The Balaban J connectivity index is 1.68. The van der Waals surface area contributed by atoms with Gasteiger partial charge in [0.15, 0.2) is 0 Å². The first kappa shape index (κ1) is 19.8. The summed E-state index contributed by atoms with van der Waals surface area (Å²) in [6, 6.07) is 16.5. The van der Waals surface area contributed by atoms with Gasteiger partial charge >= 0.3 is 0 Å². The molecule has 0 saturated carbocycles. The van der Waals surface area contributed by atoms with Gasteiger partial charge in [0, 0.05) is 32.5 Å². The molecule has 0 spiro atoms. The molecule has 2 aromatic rings. The summed E-state index contributed by atoms with van der Waals surface area (Å²) in [6.45, 7) is 8.67. The fourth-order valence-corrected chi connectivity index (χ4v) is 5.16. The van der Waals surface area contributed by atoms with Crippen molar-refractivity contribution in [3.63, 3.8) is 0 Å². The highest BCUT2D eigenvalue weighted by Gasteiger charge is 2.38. The average Bonchev–Trinajstić information content (AvgIpc) is 2.59. The molecule has 5 heteroatoms. The second-order valence-corrected chi connectivity index (χ2v) is 10.1. The van der Waals surface area contributed by atoms with Crippen LogP contribution in [0.15, 0.2) is 64.4 Å². The Morgan fingerprint density at radius 2 is 1.44 bits per heavy atom. The van der Waals surface area contributed by atoms with E-state index in [0.29, 0.717) is 10.5 Å². The van der Waals surface area contributed by atoms with Gasteiger partial charge in [0.25, 0.3) is 5.91 Å². The van der Waals surface area contributed by atoms with Crippen LogP contribution in [0, 0.1) is 0 Å². The van der Waals surface area contributed by atoms with Crippen molar-refractivity contribution in [2.24, 2.45) is 0 Å². The van der Waals surface area contributed by atoms with E-state index in [-0.39, 0.29) is 23.0 Å². The highest BCUT2D eigenvalue weighted by molar-refractivity contribution is 7.85. The van der Waals surface area contributed by atoms with Crippen molar-refractivity contribution in [1.82, 2.24) is 10.6 Å². The van der Waals surface area contributed by atoms with Gasteiger partial charge in [-0.05, 0) is 76.9 Å². The Labute approximate surface area is 164 Å². The van der Waals surface area contributed by atoms with Gasteiger partial charge in [0.2, 0.25) is 0 Å². The van der Waals surface area contributed by atoms with E-state index in [1.807, 2.05) is 30.3 Å². The first-order chi connectivity index (χ1) is 12.7. The van der Waals surface area contributed by atoms with E-state index in [1.54, 1.807) is 24.3 Å². The van der Waals surface area contributed by atoms with Crippen molar-refractivity contribution in [2.75, 3.05) is 0 Å². The van der Waals surface area contributed by atoms with Crippen LogP contribution in [0.3, 0.4) is 0 Å². The van der Waals surface area contributed by atoms with Crippen molar-refractivity contribution < 1.29 is 9.00 Å². The molecule has 0 aliphatic carbocycles. The third-order valence-corrected chi connectivity index (χ3v) is 6.21. The number of piperidine rings is 1. The highest BCUT2D eigenvalue weighted by atomic mass is 32.2. The van der Waals surface area contributed by atoms with Gasteiger partial charge in [-0.3, -0.25) is 4.79 Å². The summed E-state index contributed by atoms with van der Waals surface area (Å²) < 4.78 is 12.6. The lowest BCUT2D eigenvalue weighted by molar-refractivity contribution is 0.0873. The highest BCUT2D eigenvalue weighted by Crippen LogP contribution is 2.28. The molecule has 2 aromatic carbocycles. The summed E-state index contributed by atoms with van der Waals surface area (Å²) in [5.41, 5.74) is 0.560. The third-order valence-electron chi connectivity index (χ3n) is 4.81. The first-order valence-corrected chi connectivity index (χ1v) is 10.5. The van der Waals surface area contributed by atoms with Gasteiger partial charge < -0.3 is 10.6 Å². The van der Waals surface area contributed by atoms with E-state index in [9.17, 15) is 9.00 Å². The van der Waals surface area contributed by atoms with E-state index in [4.69, 9.17) is 0 Å². The summed E-state index contributed by atoms with van der Waals surface area (Å²) in [6.07, 6.45) is 1.77. The Bertz CT molecular complexity index is 813. The Hall–Kier alpha value is -1.98. The molecule has 144 valence electrons. The molecule has 0 radical (unpaired) electrons. The molecule has 1 aliphatic rings. The number of nitrogens with one attached hydrogen (secondary N) is 2. The molecule has 0 bridgehead atoms. The molecule has 3 rings (SSSR count). The zero-order valence-electron chi connectivity index (χ0n) is 16.4. The molecule has 1 amide bonds. The lowest BCUT2D eigenvalue weighted by Crippen LogP contribution is -2.62. The number of carbonyl (C=O) groups excluding carboxylic acids is 1. The zero-order chi connectivity index (χ0) is 19.7. The monoisotopic (exact) mass is 384 g/mol. The van der Waals surface area contributed by atoms with Crippen molar-refractivity contribution in [2.45, 2.75) is 67.4 Å². The van der Waals surface area contributed by atoms with Crippen molar-refractivity contribution >= 4 is 16.7 Å². The van der Waals surface area contributed by atoms with Gasteiger partial charge in [-0.2, -0.15) is 0 Å². The van der Waals surface area contributed by atoms with Crippen LogP contribution in [0.25, 0.3) is 0 Å². The number of carbonyl (C=O) groups is 1. The van der Waals surface area contributed by atoms with Crippen LogP contribution in [0.1, 0.15) is 50.9 Å². The van der Waals surface area contributed by atoms with Crippen LogP contribution >= 0.6 is 0 Å². The minimum absolute atomic E-state index is 0.0177. The van der Waals surface area contributed by atoms with Crippen LogP contribution in [0.4, 0.5) is 0 Å². The molecule has 1 unspecified atom stereocenters. The smallest absolute Gasteiger partial charge is 0.251 e. The summed E-state index contributed by atoms with van der Waals surface area (Å²) in [7, 11) is -1.24. The molecule has 2 N–H and O–H groups in total. The SMILES string of the molecule is CC1(C)CC(NC(=O)c2ccc(S(=O)c3ccccc3)cc2)CC(C)(C)N1. The fraction of sp³-hybridized carbons (Fsp3) is 0.409. The normalized spacial score (nSPS) is 20.0. The third kappa shape index (κ3) is 5.05. The van der Waals surface area contributed by atoms with E-state index in [1.165, 1.54) is 0 Å². The lowest BCUT2D eigenvalue weighted by Gasteiger charge is -2.46. The van der Waals surface area contributed by atoms with E-state index in [0.717, 1.165) is 17.7 Å². The van der Waals surface area contributed by atoms with Crippen LogP contribution in [-0.4, -0.2) is 27.2 Å². The Kier molecular flexibility index (Phi) is 5.54. The van der Waals surface area contributed by atoms with E-state index < -0.39 is 10.8 Å². The standard InChI is InChI=1S/C22H28N2O2S/c1-21(2)14-17(15-22(3,4)24-21)23-20(25)16-10-12-19(13-11-16)27(26)18-8-6-5-7-9-18/h5-13,17,24H,14-15H2,1-4H3,(H,23,25). The number of hydrogen-bond donors (Lipinski definition) is 2. The second kappa shape index (κ2) is 7.56. The van der Waals surface area contributed by atoms with Gasteiger partial charge in [-0.15, -0.1) is 0 Å². The minimum atomic E-state index is -1.24. The van der Waals surface area contributed by atoms with Crippen LogP contribution in [0.2, 0.25) is 0 Å². The summed E-state index contributed by atoms with van der Waals surface area (Å²) >= 11 is 0. The number of rotatable bonds is 4. The van der Waals surface area contributed by atoms with E-state index in [2.05, 4.69) is 38.3 Å². The molecule has 1 heterocycles. The quantitative estimate of drug-likeness (QED) is 0.841. The molecule has 27 heavy (non-hydrogen) atoms. The molecule has 1 aliphatic heterocycles. The average molecular weight is 385 g/mol.